The third-order valence-corrected chi connectivity index (χ3v) is 3.78. The van der Waals surface area contributed by atoms with Crippen molar-refractivity contribution in [3.8, 4) is 0 Å². The predicted octanol–water partition coefficient (Wildman–Crippen LogP) is 1.46. The molecule has 0 spiro atoms. The molecule has 1 atom stereocenters. The number of aromatic nitrogens is 2. The van der Waals surface area contributed by atoms with Gasteiger partial charge >= 0.3 is 0 Å². The monoisotopic (exact) mass is 220 g/mol. The van der Waals surface area contributed by atoms with Crippen LogP contribution in [0.5, 0.6) is 0 Å². The Hall–Kier alpha value is -1.03. The Morgan fingerprint density at radius 1 is 1.44 bits per heavy atom. The SMILES string of the molecule is NCC1CCCN(c2cc(C3CC3)[nH]n2)C1. The van der Waals surface area contributed by atoms with Crippen LogP contribution in [-0.4, -0.2) is 29.8 Å². The normalized spacial score (nSPS) is 26.1. The summed E-state index contributed by atoms with van der Waals surface area (Å²) in [6.07, 6.45) is 5.17. The lowest BCUT2D eigenvalue weighted by atomic mass is 9.98. The zero-order chi connectivity index (χ0) is 11.0. The first-order valence-electron chi connectivity index (χ1n) is 6.37. The van der Waals surface area contributed by atoms with Crippen LogP contribution >= 0.6 is 0 Å². The number of rotatable bonds is 3. The maximum absolute atomic E-state index is 5.75. The van der Waals surface area contributed by atoms with Crippen LogP contribution in [0.15, 0.2) is 6.07 Å². The first-order chi connectivity index (χ1) is 7.86. The van der Waals surface area contributed by atoms with Crippen LogP contribution in [0.1, 0.15) is 37.3 Å². The highest BCUT2D eigenvalue weighted by Crippen LogP contribution is 2.40. The number of hydrogen-bond donors (Lipinski definition) is 2. The third-order valence-electron chi connectivity index (χ3n) is 3.78. The van der Waals surface area contributed by atoms with Gasteiger partial charge < -0.3 is 10.6 Å². The van der Waals surface area contributed by atoms with Gasteiger partial charge in [0.2, 0.25) is 0 Å². The van der Waals surface area contributed by atoms with Crippen molar-refractivity contribution in [2.75, 3.05) is 24.5 Å². The van der Waals surface area contributed by atoms with Gasteiger partial charge in [0.05, 0.1) is 0 Å². The average molecular weight is 220 g/mol. The number of hydrogen-bond acceptors (Lipinski definition) is 3. The highest BCUT2D eigenvalue weighted by atomic mass is 15.3. The molecule has 1 aromatic rings. The number of nitrogens with two attached hydrogens (primary N) is 1. The second-order valence-electron chi connectivity index (χ2n) is 5.15. The van der Waals surface area contributed by atoms with Crippen molar-refractivity contribution in [1.29, 1.82) is 0 Å². The molecule has 1 aliphatic heterocycles. The van der Waals surface area contributed by atoms with E-state index in [0.717, 1.165) is 31.4 Å². The molecule has 4 nitrogen and oxygen atoms in total. The van der Waals surface area contributed by atoms with Gasteiger partial charge in [0.25, 0.3) is 0 Å². The molecule has 1 aliphatic carbocycles. The predicted molar refractivity (Wildman–Crippen MR) is 64.6 cm³/mol. The molecule has 2 fully saturated rings. The van der Waals surface area contributed by atoms with E-state index in [2.05, 4.69) is 21.2 Å². The Balaban J connectivity index is 1.70. The highest BCUT2D eigenvalue weighted by Gasteiger charge is 2.27. The summed E-state index contributed by atoms with van der Waals surface area (Å²) >= 11 is 0. The van der Waals surface area contributed by atoms with Crippen LogP contribution in [-0.2, 0) is 0 Å². The number of piperidine rings is 1. The lowest BCUT2D eigenvalue weighted by Gasteiger charge is -2.32. The Bertz CT molecular complexity index is 356. The van der Waals surface area contributed by atoms with Gasteiger partial charge in [-0.2, -0.15) is 5.10 Å². The zero-order valence-corrected chi connectivity index (χ0v) is 9.65. The second kappa shape index (κ2) is 4.09. The van der Waals surface area contributed by atoms with E-state index >= 15 is 0 Å². The van der Waals surface area contributed by atoms with Gasteiger partial charge in [0.15, 0.2) is 5.82 Å². The van der Waals surface area contributed by atoms with Gasteiger partial charge in [-0.1, -0.05) is 0 Å². The molecular formula is C12H20N4. The van der Waals surface area contributed by atoms with E-state index in [1.165, 1.54) is 31.4 Å². The minimum absolute atomic E-state index is 0.648. The molecule has 1 unspecified atom stereocenters. The molecule has 0 radical (unpaired) electrons. The summed E-state index contributed by atoms with van der Waals surface area (Å²) in [4.78, 5) is 2.38. The van der Waals surface area contributed by atoms with E-state index in [-0.39, 0.29) is 0 Å². The van der Waals surface area contributed by atoms with Gasteiger partial charge in [0, 0.05) is 30.8 Å². The van der Waals surface area contributed by atoms with Crippen molar-refractivity contribution in [3.63, 3.8) is 0 Å². The molecule has 4 heteroatoms. The summed E-state index contributed by atoms with van der Waals surface area (Å²) < 4.78 is 0. The van der Waals surface area contributed by atoms with Crippen molar-refractivity contribution in [1.82, 2.24) is 10.2 Å². The number of anilines is 1. The molecule has 16 heavy (non-hydrogen) atoms. The van der Waals surface area contributed by atoms with Crippen LogP contribution in [0.3, 0.4) is 0 Å². The fourth-order valence-electron chi connectivity index (χ4n) is 2.56. The average Bonchev–Trinajstić information content (AvgIpc) is 3.07. The van der Waals surface area contributed by atoms with Crippen LogP contribution in [0.2, 0.25) is 0 Å². The van der Waals surface area contributed by atoms with E-state index in [1.54, 1.807) is 0 Å². The van der Waals surface area contributed by atoms with Crippen molar-refractivity contribution < 1.29 is 0 Å². The molecule has 0 bridgehead atoms. The van der Waals surface area contributed by atoms with Crippen molar-refractivity contribution in [3.05, 3.63) is 11.8 Å². The second-order valence-corrected chi connectivity index (χ2v) is 5.15. The van der Waals surface area contributed by atoms with Gasteiger partial charge in [-0.25, -0.2) is 0 Å². The largest absolute Gasteiger partial charge is 0.355 e. The minimum atomic E-state index is 0.648. The smallest absolute Gasteiger partial charge is 0.150 e. The van der Waals surface area contributed by atoms with Gasteiger partial charge in [-0.3, -0.25) is 5.10 Å². The number of nitrogens with zero attached hydrogens (tertiary/aromatic N) is 2. The molecule has 3 N–H and O–H groups in total. The standard InChI is InChI=1S/C12H20N4/c13-7-9-2-1-5-16(8-9)12-6-11(14-15-12)10-3-4-10/h6,9-10H,1-5,7-8,13H2,(H,14,15). The molecule has 2 aliphatic rings. The first kappa shape index (κ1) is 10.1. The topological polar surface area (TPSA) is 57.9 Å². The molecule has 3 rings (SSSR count). The Labute approximate surface area is 96.2 Å². The Morgan fingerprint density at radius 3 is 3.06 bits per heavy atom. The number of H-pyrrole nitrogens is 1. The van der Waals surface area contributed by atoms with Crippen LogP contribution in [0, 0.1) is 5.92 Å². The summed E-state index contributed by atoms with van der Waals surface area (Å²) in [5, 5.41) is 7.60. The highest BCUT2D eigenvalue weighted by molar-refractivity contribution is 5.41. The Morgan fingerprint density at radius 2 is 2.31 bits per heavy atom. The van der Waals surface area contributed by atoms with Crippen molar-refractivity contribution in [2.24, 2.45) is 11.7 Å². The molecule has 88 valence electrons. The molecule has 1 saturated carbocycles. The molecule has 2 heterocycles. The van der Waals surface area contributed by atoms with E-state index < -0.39 is 0 Å². The van der Waals surface area contributed by atoms with Gasteiger partial charge in [-0.15, -0.1) is 0 Å². The Kier molecular flexibility index (Phi) is 2.59. The van der Waals surface area contributed by atoms with Crippen LogP contribution < -0.4 is 10.6 Å². The van der Waals surface area contributed by atoms with E-state index in [0.29, 0.717) is 5.92 Å². The molecule has 0 amide bonds. The lowest BCUT2D eigenvalue weighted by Crippen LogP contribution is -2.38. The van der Waals surface area contributed by atoms with Crippen LogP contribution in [0.4, 0.5) is 5.82 Å². The van der Waals surface area contributed by atoms with E-state index in [4.69, 9.17) is 5.73 Å². The molecular weight excluding hydrogens is 200 g/mol. The molecule has 1 aromatic heterocycles. The third kappa shape index (κ3) is 1.94. The summed E-state index contributed by atoms with van der Waals surface area (Å²) in [7, 11) is 0. The zero-order valence-electron chi connectivity index (χ0n) is 9.65. The summed E-state index contributed by atoms with van der Waals surface area (Å²) in [6.45, 7) is 3.01. The fourth-order valence-corrected chi connectivity index (χ4v) is 2.56. The van der Waals surface area contributed by atoms with Crippen molar-refractivity contribution >= 4 is 5.82 Å². The van der Waals surface area contributed by atoms with Gasteiger partial charge in [-0.05, 0) is 38.1 Å². The van der Waals surface area contributed by atoms with Crippen LogP contribution in [0.25, 0.3) is 0 Å². The summed E-state index contributed by atoms with van der Waals surface area (Å²) in [6, 6.07) is 2.23. The lowest BCUT2D eigenvalue weighted by molar-refractivity contribution is 0.421. The first-order valence-corrected chi connectivity index (χ1v) is 6.37. The quantitative estimate of drug-likeness (QED) is 0.811. The van der Waals surface area contributed by atoms with E-state index in [1.807, 2.05) is 0 Å². The maximum atomic E-state index is 5.75. The summed E-state index contributed by atoms with van der Waals surface area (Å²) in [5.41, 5.74) is 7.08. The number of nitrogens with one attached hydrogen (secondary N) is 1. The van der Waals surface area contributed by atoms with E-state index in [9.17, 15) is 0 Å². The molecule has 0 aromatic carbocycles. The minimum Gasteiger partial charge on any atom is -0.355 e. The molecule has 1 saturated heterocycles. The van der Waals surface area contributed by atoms with Crippen molar-refractivity contribution in [2.45, 2.75) is 31.6 Å². The fraction of sp³-hybridized carbons (Fsp3) is 0.750. The van der Waals surface area contributed by atoms with Gasteiger partial charge in [0.1, 0.15) is 0 Å². The summed E-state index contributed by atoms with van der Waals surface area (Å²) in [5.74, 6) is 2.53. The number of aromatic amines is 1. The maximum Gasteiger partial charge on any atom is 0.150 e.